The highest BCUT2D eigenvalue weighted by Gasteiger charge is 2.30. The molecule has 2 atom stereocenters. The minimum atomic E-state index is -0.215. The molecule has 0 radical (unpaired) electrons. The number of nitrogens with one attached hydrogen (secondary N) is 2. The maximum atomic E-state index is 11.8. The van der Waals surface area contributed by atoms with Gasteiger partial charge in [0.05, 0.1) is 11.2 Å². The second-order valence-corrected chi connectivity index (χ2v) is 7.89. The van der Waals surface area contributed by atoms with Gasteiger partial charge in [0.2, 0.25) is 11.8 Å². The van der Waals surface area contributed by atoms with Crippen LogP contribution in [0.1, 0.15) is 37.8 Å². The van der Waals surface area contributed by atoms with Crippen molar-refractivity contribution in [1.29, 1.82) is 0 Å². The van der Waals surface area contributed by atoms with Gasteiger partial charge in [-0.05, 0) is 37.6 Å². The van der Waals surface area contributed by atoms with Crippen LogP contribution in [-0.2, 0) is 16.6 Å². The van der Waals surface area contributed by atoms with Crippen LogP contribution in [0.15, 0.2) is 18.2 Å². The van der Waals surface area contributed by atoms with Crippen LogP contribution in [0.4, 0.5) is 5.69 Å². The van der Waals surface area contributed by atoms with E-state index in [4.69, 9.17) is 0 Å². The van der Waals surface area contributed by atoms with Crippen LogP contribution >= 0.6 is 12.4 Å². The number of hydrogen-bond donors (Lipinski definition) is 2. The average Bonchev–Trinajstić information content (AvgIpc) is 2.97. The van der Waals surface area contributed by atoms with Crippen LogP contribution in [0.5, 0.6) is 0 Å². The van der Waals surface area contributed by atoms with Gasteiger partial charge in [0.25, 0.3) is 0 Å². The Kier molecular flexibility index (Phi) is 5.95. The summed E-state index contributed by atoms with van der Waals surface area (Å²) in [6.07, 6.45) is 1.76. The summed E-state index contributed by atoms with van der Waals surface area (Å²) in [5.41, 5.74) is 3.10. The molecule has 2 saturated heterocycles. The Balaban J connectivity index is 0.00000225. The molecule has 28 heavy (non-hydrogen) atoms. The third kappa shape index (κ3) is 3.73. The highest BCUT2D eigenvalue weighted by atomic mass is 35.5. The highest BCUT2D eigenvalue weighted by molar-refractivity contribution is 5.99. The van der Waals surface area contributed by atoms with E-state index in [1.807, 2.05) is 18.8 Å². The van der Waals surface area contributed by atoms with Crippen LogP contribution < -0.4 is 15.5 Å². The van der Waals surface area contributed by atoms with Gasteiger partial charge in [-0.15, -0.1) is 12.4 Å². The third-order valence-electron chi connectivity index (χ3n) is 6.03. The van der Waals surface area contributed by atoms with E-state index < -0.39 is 0 Å². The summed E-state index contributed by atoms with van der Waals surface area (Å²) >= 11 is 0. The molecule has 0 aliphatic carbocycles. The Bertz CT molecular complexity index is 880. The molecule has 0 unspecified atom stereocenters. The predicted molar refractivity (Wildman–Crippen MR) is 112 cm³/mol. The fraction of sp³-hybridized carbons (Fsp3) is 0.550. The van der Waals surface area contributed by atoms with Crippen molar-refractivity contribution in [2.75, 3.05) is 25.0 Å². The van der Waals surface area contributed by atoms with Crippen molar-refractivity contribution in [3.63, 3.8) is 0 Å². The first kappa shape index (κ1) is 20.6. The summed E-state index contributed by atoms with van der Waals surface area (Å²) in [7, 11) is 3.96. The van der Waals surface area contributed by atoms with Gasteiger partial charge in [0.1, 0.15) is 0 Å². The van der Waals surface area contributed by atoms with Crippen molar-refractivity contribution in [3.8, 4) is 0 Å². The number of piperidine rings is 2. The van der Waals surface area contributed by atoms with Gasteiger partial charge >= 0.3 is 0 Å². The molecule has 2 amide bonds. The number of halogens is 1. The molecule has 2 fully saturated rings. The molecule has 1 aromatic carbocycles. The van der Waals surface area contributed by atoms with E-state index in [0.717, 1.165) is 36.1 Å². The first-order chi connectivity index (χ1) is 13.0. The molecule has 0 saturated carbocycles. The van der Waals surface area contributed by atoms with E-state index in [1.165, 1.54) is 5.69 Å². The molecule has 2 aliphatic rings. The second-order valence-electron chi connectivity index (χ2n) is 7.89. The van der Waals surface area contributed by atoms with Crippen LogP contribution in [0.2, 0.25) is 0 Å². The summed E-state index contributed by atoms with van der Waals surface area (Å²) in [4.78, 5) is 26.0. The molecule has 1 aromatic heterocycles. The standard InChI is InChI=1S/C20H27N5O2.ClH/c1-12-11-25(7-6-16(12)21-2)14-4-5-15-17(10-14)24(3)23-20(15)13-8-18(26)22-19(27)9-13;/h4-5,10,12-13,16,21H,6-9,11H2,1-3H3,(H,22,26,27);1H/t12-,16+;/m1./s1. The summed E-state index contributed by atoms with van der Waals surface area (Å²) < 4.78 is 1.87. The number of carbonyl (C=O) groups is 2. The molecule has 0 bridgehead atoms. The number of hydrogen-bond acceptors (Lipinski definition) is 5. The first-order valence-corrected chi connectivity index (χ1v) is 9.67. The number of imide groups is 1. The zero-order chi connectivity index (χ0) is 19.1. The van der Waals surface area contributed by atoms with Crippen molar-refractivity contribution >= 4 is 40.8 Å². The Hall–Kier alpha value is -2.12. The van der Waals surface area contributed by atoms with Gasteiger partial charge in [-0.2, -0.15) is 5.10 Å². The lowest BCUT2D eigenvalue weighted by molar-refractivity contribution is -0.133. The van der Waals surface area contributed by atoms with E-state index in [-0.39, 0.29) is 30.1 Å². The lowest BCUT2D eigenvalue weighted by atomic mass is 9.91. The number of benzene rings is 1. The van der Waals surface area contributed by atoms with Crippen LogP contribution in [0, 0.1) is 5.92 Å². The summed E-state index contributed by atoms with van der Waals surface area (Å²) in [5, 5.41) is 11.5. The number of rotatable bonds is 3. The fourth-order valence-corrected chi connectivity index (χ4v) is 4.55. The smallest absolute Gasteiger partial charge is 0.227 e. The number of carbonyl (C=O) groups excluding carboxylic acids is 2. The van der Waals surface area contributed by atoms with E-state index >= 15 is 0 Å². The van der Waals surface area contributed by atoms with E-state index in [2.05, 4.69) is 45.8 Å². The van der Waals surface area contributed by atoms with Crippen LogP contribution in [-0.4, -0.2) is 47.8 Å². The maximum Gasteiger partial charge on any atom is 0.227 e. The Morgan fingerprint density at radius 1 is 1.21 bits per heavy atom. The van der Waals surface area contributed by atoms with Crippen molar-refractivity contribution in [1.82, 2.24) is 20.4 Å². The lowest BCUT2D eigenvalue weighted by Crippen LogP contribution is -2.47. The molecule has 7 nitrogen and oxygen atoms in total. The van der Waals surface area contributed by atoms with E-state index in [1.54, 1.807) is 0 Å². The van der Waals surface area contributed by atoms with E-state index in [9.17, 15) is 9.59 Å². The van der Waals surface area contributed by atoms with Gasteiger partial charge in [-0.25, -0.2) is 0 Å². The van der Waals surface area contributed by atoms with E-state index in [0.29, 0.717) is 24.8 Å². The molecular weight excluding hydrogens is 378 g/mol. The molecular formula is C20H28ClN5O2. The third-order valence-corrected chi connectivity index (χ3v) is 6.03. The number of aryl methyl sites for hydroxylation is 1. The van der Waals surface area contributed by atoms with Gasteiger partial charge in [0.15, 0.2) is 0 Å². The molecule has 4 rings (SSSR count). The summed E-state index contributed by atoms with van der Waals surface area (Å²) in [5.74, 6) is 0.0154. The number of nitrogens with zero attached hydrogens (tertiary/aromatic N) is 3. The molecule has 0 spiro atoms. The zero-order valence-electron chi connectivity index (χ0n) is 16.6. The zero-order valence-corrected chi connectivity index (χ0v) is 17.4. The molecule has 152 valence electrons. The summed E-state index contributed by atoms with van der Waals surface area (Å²) in [6, 6.07) is 7.00. The van der Waals surface area contributed by atoms with Crippen LogP contribution in [0.3, 0.4) is 0 Å². The Morgan fingerprint density at radius 2 is 1.93 bits per heavy atom. The summed E-state index contributed by atoms with van der Waals surface area (Å²) in [6.45, 7) is 4.35. The Labute approximate surface area is 171 Å². The molecule has 2 aromatic rings. The number of anilines is 1. The van der Waals surface area contributed by atoms with Crippen LogP contribution in [0.25, 0.3) is 10.9 Å². The van der Waals surface area contributed by atoms with Crippen molar-refractivity contribution in [2.24, 2.45) is 13.0 Å². The molecule has 2 N–H and O–H groups in total. The quantitative estimate of drug-likeness (QED) is 0.763. The minimum Gasteiger partial charge on any atom is -0.371 e. The number of aromatic nitrogens is 2. The largest absolute Gasteiger partial charge is 0.371 e. The second kappa shape index (κ2) is 8.09. The van der Waals surface area contributed by atoms with Crippen molar-refractivity contribution < 1.29 is 9.59 Å². The van der Waals surface area contributed by atoms with Crippen molar-refractivity contribution in [2.45, 2.75) is 38.1 Å². The number of amides is 2. The van der Waals surface area contributed by atoms with Gasteiger partial charge in [0, 0.05) is 56.0 Å². The van der Waals surface area contributed by atoms with Crippen molar-refractivity contribution in [3.05, 3.63) is 23.9 Å². The lowest BCUT2D eigenvalue weighted by Gasteiger charge is -2.38. The van der Waals surface area contributed by atoms with Gasteiger partial charge in [-0.1, -0.05) is 6.92 Å². The van der Waals surface area contributed by atoms with Gasteiger partial charge < -0.3 is 10.2 Å². The minimum absolute atomic E-state index is 0. The fourth-order valence-electron chi connectivity index (χ4n) is 4.55. The first-order valence-electron chi connectivity index (χ1n) is 9.67. The Morgan fingerprint density at radius 3 is 2.57 bits per heavy atom. The topological polar surface area (TPSA) is 79.3 Å². The average molecular weight is 406 g/mol. The maximum absolute atomic E-state index is 11.8. The SMILES string of the molecule is CN[C@H]1CCN(c2ccc3c(C4CC(=O)NC(=O)C4)nn(C)c3c2)C[C@H]1C.Cl. The number of fused-ring (bicyclic) bond motifs is 1. The molecule has 2 aliphatic heterocycles. The highest BCUT2D eigenvalue weighted by Crippen LogP contribution is 2.34. The monoisotopic (exact) mass is 405 g/mol. The predicted octanol–water partition coefficient (Wildman–Crippen LogP) is 1.95. The normalized spacial score (nSPS) is 23.6. The van der Waals surface area contributed by atoms with Gasteiger partial charge in [-0.3, -0.25) is 19.6 Å². The molecule has 3 heterocycles. The molecule has 8 heteroatoms.